The molecule has 1 aromatic heterocycles. The summed E-state index contributed by atoms with van der Waals surface area (Å²) in [7, 11) is -3.78. The van der Waals surface area contributed by atoms with Crippen molar-refractivity contribution in [3.63, 3.8) is 0 Å². The van der Waals surface area contributed by atoms with Crippen LogP contribution in [0.3, 0.4) is 0 Å². The Morgan fingerprint density at radius 3 is 2.81 bits per heavy atom. The van der Waals surface area contributed by atoms with Crippen LogP contribution < -0.4 is 17.0 Å². The highest BCUT2D eigenvalue weighted by atomic mass is 31.2. The SMILES string of the molecule is CCC(CC)CO[P@]1(=O)OC[C@H]2OC(n3ccc(=O)[nH]c3=O)=C(N)[C@@H]2O1. The second kappa shape index (κ2) is 7.40. The number of ether oxygens (including phenoxy) is 1. The highest BCUT2D eigenvalue weighted by Crippen LogP contribution is 2.56. The predicted molar refractivity (Wildman–Crippen MR) is 92.1 cm³/mol. The van der Waals surface area contributed by atoms with Crippen LogP contribution >= 0.6 is 7.82 Å². The van der Waals surface area contributed by atoms with Crippen molar-refractivity contribution in [1.82, 2.24) is 9.55 Å². The highest BCUT2D eigenvalue weighted by molar-refractivity contribution is 7.48. The van der Waals surface area contributed by atoms with Crippen molar-refractivity contribution in [2.75, 3.05) is 13.2 Å². The Kier molecular flexibility index (Phi) is 5.38. The molecule has 2 aliphatic rings. The predicted octanol–water partition coefficient (Wildman–Crippen LogP) is 0.996. The van der Waals surface area contributed by atoms with Crippen LogP contribution in [0.2, 0.25) is 0 Å². The minimum absolute atomic E-state index is 0.0123. The Morgan fingerprint density at radius 1 is 1.42 bits per heavy atom. The molecule has 0 amide bonds. The van der Waals surface area contributed by atoms with Crippen molar-refractivity contribution in [3.05, 3.63) is 38.8 Å². The van der Waals surface area contributed by atoms with Crippen LogP contribution in [0, 0.1) is 5.92 Å². The lowest BCUT2D eigenvalue weighted by molar-refractivity contribution is -0.0359. The number of hydrogen-bond acceptors (Lipinski definition) is 8. The van der Waals surface area contributed by atoms with E-state index < -0.39 is 31.3 Å². The maximum absolute atomic E-state index is 12.7. The molecule has 11 heteroatoms. The van der Waals surface area contributed by atoms with Crippen LogP contribution in [-0.2, 0) is 22.9 Å². The standard InChI is InChI=1S/C15H22N3O7P/c1-3-9(4-2)7-22-26(21)23-8-10-13(25-26)12(16)14(24-10)18-6-5-11(19)17-15(18)20/h5-6,9-10,13H,3-4,7-8,16H2,1-2H3,(H,17,19,20)/t10-,13-,26-/m1/s1. The number of phosphoric ester groups is 1. The van der Waals surface area contributed by atoms with Crippen molar-refractivity contribution in [2.45, 2.75) is 38.9 Å². The molecular weight excluding hydrogens is 365 g/mol. The molecule has 0 unspecified atom stereocenters. The summed E-state index contributed by atoms with van der Waals surface area (Å²) in [5.41, 5.74) is 4.88. The van der Waals surface area contributed by atoms with E-state index >= 15 is 0 Å². The van der Waals surface area contributed by atoms with Gasteiger partial charge in [0.05, 0.1) is 13.2 Å². The molecule has 3 heterocycles. The van der Waals surface area contributed by atoms with Crippen LogP contribution in [0.15, 0.2) is 27.5 Å². The number of fused-ring (bicyclic) bond motifs is 1. The number of nitrogens with two attached hydrogens (primary N) is 1. The fraction of sp³-hybridized carbons (Fsp3) is 0.600. The summed E-state index contributed by atoms with van der Waals surface area (Å²) in [5, 5.41) is 0. The number of nitrogens with one attached hydrogen (secondary N) is 1. The molecule has 144 valence electrons. The van der Waals surface area contributed by atoms with Gasteiger partial charge in [-0.05, 0) is 5.92 Å². The van der Waals surface area contributed by atoms with E-state index in [1.807, 2.05) is 13.8 Å². The summed E-state index contributed by atoms with van der Waals surface area (Å²) < 4.78 is 35.5. The Morgan fingerprint density at radius 2 is 2.15 bits per heavy atom. The zero-order valence-corrected chi connectivity index (χ0v) is 15.4. The summed E-state index contributed by atoms with van der Waals surface area (Å²) in [4.78, 5) is 25.2. The number of rotatable bonds is 6. The Hall–Kier alpha value is -1.87. The normalized spacial score (nSPS) is 28.3. The topological polar surface area (TPSA) is 135 Å². The van der Waals surface area contributed by atoms with Crippen molar-refractivity contribution >= 4 is 13.7 Å². The first-order valence-corrected chi connectivity index (χ1v) is 9.89. The minimum atomic E-state index is -3.78. The van der Waals surface area contributed by atoms with Crippen LogP contribution in [-0.4, -0.2) is 35.0 Å². The molecule has 3 atom stereocenters. The summed E-state index contributed by atoms with van der Waals surface area (Å²) in [6.45, 7) is 4.23. The van der Waals surface area contributed by atoms with Gasteiger partial charge >= 0.3 is 13.5 Å². The third-order valence-corrected chi connectivity index (χ3v) is 5.88. The van der Waals surface area contributed by atoms with Crippen molar-refractivity contribution < 1.29 is 22.9 Å². The molecule has 2 aliphatic heterocycles. The first kappa shape index (κ1) is 18.9. The lowest BCUT2D eigenvalue weighted by Crippen LogP contribution is -2.37. The van der Waals surface area contributed by atoms with Crippen molar-refractivity contribution in [3.8, 4) is 0 Å². The molecule has 26 heavy (non-hydrogen) atoms. The van der Waals surface area contributed by atoms with E-state index in [2.05, 4.69) is 4.98 Å². The van der Waals surface area contributed by atoms with Crippen molar-refractivity contribution in [1.29, 1.82) is 0 Å². The molecular formula is C15H22N3O7P. The Labute approximate surface area is 149 Å². The molecule has 1 fully saturated rings. The average molecular weight is 387 g/mol. The maximum Gasteiger partial charge on any atom is 0.475 e. The molecule has 3 N–H and O–H groups in total. The number of hydrogen-bond donors (Lipinski definition) is 2. The van der Waals surface area contributed by atoms with E-state index in [1.165, 1.54) is 6.20 Å². The van der Waals surface area contributed by atoms with Crippen LogP contribution in [0.1, 0.15) is 26.7 Å². The molecule has 1 aromatic rings. The van der Waals surface area contributed by atoms with Crippen LogP contribution in [0.4, 0.5) is 0 Å². The molecule has 3 rings (SSSR count). The minimum Gasteiger partial charge on any atom is -0.468 e. The molecule has 10 nitrogen and oxygen atoms in total. The van der Waals surface area contributed by atoms with Gasteiger partial charge in [-0.25, -0.2) is 13.9 Å². The second-order valence-corrected chi connectivity index (χ2v) is 7.77. The fourth-order valence-electron chi connectivity index (χ4n) is 2.74. The molecule has 0 radical (unpaired) electrons. The maximum atomic E-state index is 12.7. The fourth-order valence-corrected chi connectivity index (χ4v) is 4.18. The molecule has 0 saturated carbocycles. The van der Waals surface area contributed by atoms with Crippen LogP contribution in [0.25, 0.3) is 5.88 Å². The second-order valence-electron chi connectivity index (χ2n) is 6.14. The number of aromatic nitrogens is 2. The lowest BCUT2D eigenvalue weighted by Gasteiger charge is -2.31. The first-order chi connectivity index (χ1) is 12.4. The van der Waals surface area contributed by atoms with Gasteiger partial charge in [-0.15, -0.1) is 0 Å². The number of phosphoric acid groups is 1. The number of nitrogens with zero attached hydrogens (tertiary/aromatic N) is 1. The highest BCUT2D eigenvalue weighted by Gasteiger charge is 2.48. The van der Waals surface area contributed by atoms with Gasteiger partial charge < -0.3 is 10.5 Å². The van der Waals surface area contributed by atoms with E-state index in [0.29, 0.717) is 0 Å². The number of H-pyrrole nitrogens is 1. The van der Waals surface area contributed by atoms with E-state index in [1.54, 1.807) is 0 Å². The zero-order valence-electron chi connectivity index (χ0n) is 14.5. The summed E-state index contributed by atoms with van der Waals surface area (Å²) in [6, 6.07) is 1.16. The summed E-state index contributed by atoms with van der Waals surface area (Å²) >= 11 is 0. The third kappa shape index (κ3) is 3.64. The van der Waals surface area contributed by atoms with Crippen LogP contribution in [0.5, 0.6) is 0 Å². The lowest BCUT2D eigenvalue weighted by atomic mass is 10.1. The summed E-state index contributed by atoms with van der Waals surface area (Å²) in [6.07, 6.45) is 1.47. The van der Waals surface area contributed by atoms with Gasteiger partial charge in [0.2, 0.25) is 5.88 Å². The average Bonchev–Trinajstić information content (AvgIpc) is 2.92. The van der Waals surface area contributed by atoms with Crippen molar-refractivity contribution in [2.24, 2.45) is 11.7 Å². The number of aromatic amines is 1. The van der Waals surface area contributed by atoms with Gasteiger partial charge in [0, 0.05) is 12.3 Å². The summed E-state index contributed by atoms with van der Waals surface area (Å²) in [5.74, 6) is 0.257. The molecule has 0 bridgehead atoms. The van der Waals surface area contributed by atoms with Gasteiger partial charge in [-0.2, -0.15) is 0 Å². The van der Waals surface area contributed by atoms with Gasteiger partial charge in [-0.1, -0.05) is 26.7 Å². The van der Waals surface area contributed by atoms with Gasteiger partial charge in [-0.3, -0.25) is 23.3 Å². The largest absolute Gasteiger partial charge is 0.475 e. The Balaban J connectivity index is 1.79. The van der Waals surface area contributed by atoms with Gasteiger partial charge in [0.25, 0.3) is 5.56 Å². The Bertz CT molecular complexity index is 857. The quantitative estimate of drug-likeness (QED) is 0.690. The molecule has 0 aromatic carbocycles. The monoisotopic (exact) mass is 387 g/mol. The molecule has 0 spiro atoms. The van der Waals surface area contributed by atoms with E-state index in [4.69, 9.17) is 24.0 Å². The van der Waals surface area contributed by atoms with E-state index in [0.717, 1.165) is 23.5 Å². The zero-order chi connectivity index (χ0) is 18.9. The van der Waals surface area contributed by atoms with Gasteiger partial charge in [0.1, 0.15) is 5.70 Å². The smallest absolute Gasteiger partial charge is 0.468 e. The third-order valence-electron chi connectivity index (χ3n) is 4.46. The van der Waals surface area contributed by atoms with Gasteiger partial charge in [0.15, 0.2) is 12.2 Å². The molecule has 1 saturated heterocycles. The first-order valence-electron chi connectivity index (χ1n) is 8.43. The molecule has 0 aliphatic carbocycles. The van der Waals surface area contributed by atoms with E-state index in [-0.39, 0.29) is 30.7 Å². The van der Waals surface area contributed by atoms with E-state index in [9.17, 15) is 14.2 Å².